The summed E-state index contributed by atoms with van der Waals surface area (Å²) in [6.45, 7) is 10.3. The lowest BCUT2D eigenvalue weighted by Gasteiger charge is -2.12. The molecule has 0 bridgehead atoms. The maximum absolute atomic E-state index is 8.72. The number of aromatic nitrogens is 2. The average molecular weight is 267 g/mol. The molecule has 20 heavy (non-hydrogen) atoms. The van der Waals surface area contributed by atoms with E-state index < -0.39 is 0 Å². The van der Waals surface area contributed by atoms with Crippen LogP contribution in [0, 0.1) is 25.2 Å². The molecule has 0 saturated heterocycles. The summed E-state index contributed by atoms with van der Waals surface area (Å²) in [4.78, 5) is 8.08. The second-order valence-electron chi connectivity index (χ2n) is 4.38. The maximum Gasteiger partial charge on any atom is 0.232 e. The SMILES string of the molecule is CC.CCc1cc(C)cc(C)c1-c1cnc(C#N)nc1. The predicted molar refractivity (Wildman–Crippen MR) is 82.4 cm³/mol. The average Bonchev–Trinajstić information content (AvgIpc) is 2.48. The summed E-state index contributed by atoms with van der Waals surface area (Å²) in [5, 5.41) is 8.72. The van der Waals surface area contributed by atoms with E-state index in [-0.39, 0.29) is 5.82 Å². The minimum Gasteiger partial charge on any atom is -0.227 e. The monoisotopic (exact) mass is 267 g/mol. The number of nitrogens with zero attached hydrogens (tertiary/aromatic N) is 3. The first-order chi connectivity index (χ1) is 9.65. The minimum atomic E-state index is 0.210. The van der Waals surface area contributed by atoms with E-state index in [1.54, 1.807) is 12.4 Å². The highest BCUT2D eigenvalue weighted by molar-refractivity contribution is 5.70. The van der Waals surface area contributed by atoms with Crippen molar-refractivity contribution in [2.45, 2.75) is 41.0 Å². The van der Waals surface area contributed by atoms with Crippen LogP contribution in [0.2, 0.25) is 0 Å². The van der Waals surface area contributed by atoms with E-state index in [4.69, 9.17) is 5.26 Å². The van der Waals surface area contributed by atoms with E-state index >= 15 is 0 Å². The van der Waals surface area contributed by atoms with Gasteiger partial charge >= 0.3 is 0 Å². The quantitative estimate of drug-likeness (QED) is 0.818. The lowest BCUT2D eigenvalue weighted by Crippen LogP contribution is -1.96. The second kappa shape index (κ2) is 7.40. The van der Waals surface area contributed by atoms with Crippen LogP contribution in [0.4, 0.5) is 0 Å². The topological polar surface area (TPSA) is 49.6 Å². The van der Waals surface area contributed by atoms with Gasteiger partial charge in [-0.15, -0.1) is 0 Å². The Morgan fingerprint density at radius 1 is 1.10 bits per heavy atom. The van der Waals surface area contributed by atoms with Gasteiger partial charge in [0, 0.05) is 18.0 Å². The van der Waals surface area contributed by atoms with Crippen molar-refractivity contribution in [1.82, 2.24) is 9.97 Å². The van der Waals surface area contributed by atoms with Gasteiger partial charge in [0.05, 0.1) is 0 Å². The van der Waals surface area contributed by atoms with E-state index in [0.717, 1.165) is 12.0 Å². The van der Waals surface area contributed by atoms with Crippen molar-refractivity contribution in [2.24, 2.45) is 0 Å². The van der Waals surface area contributed by atoms with Gasteiger partial charge in [0.25, 0.3) is 0 Å². The molecule has 104 valence electrons. The number of nitriles is 1. The predicted octanol–water partition coefficient (Wildman–Crippen LogP) is 4.22. The molecule has 0 amide bonds. The molecule has 0 unspecified atom stereocenters. The fraction of sp³-hybridized carbons (Fsp3) is 0.353. The van der Waals surface area contributed by atoms with E-state index in [1.165, 1.54) is 22.3 Å². The zero-order chi connectivity index (χ0) is 15.1. The molecule has 0 radical (unpaired) electrons. The first-order valence-electron chi connectivity index (χ1n) is 6.98. The van der Waals surface area contributed by atoms with Crippen molar-refractivity contribution in [1.29, 1.82) is 5.26 Å². The smallest absolute Gasteiger partial charge is 0.227 e. The molecule has 1 aromatic carbocycles. The largest absolute Gasteiger partial charge is 0.232 e. The Morgan fingerprint density at radius 2 is 1.70 bits per heavy atom. The molecule has 0 saturated carbocycles. The minimum absolute atomic E-state index is 0.210. The highest BCUT2D eigenvalue weighted by atomic mass is 14.9. The Morgan fingerprint density at radius 3 is 2.20 bits per heavy atom. The molecule has 0 aliphatic carbocycles. The maximum atomic E-state index is 8.72. The van der Waals surface area contributed by atoms with Crippen molar-refractivity contribution in [3.63, 3.8) is 0 Å². The fourth-order valence-corrected chi connectivity index (χ4v) is 2.26. The Kier molecular flexibility index (Phi) is 5.86. The summed E-state index contributed by atoms with van der Waals surface area (Å²) in [6, 6.07) is 6.29. The number of benzene rings is 1. The van der Waals surface area contributed by atoms with E-state index in [9.17, 15) is 0 Å². The van der Waals surface area contributed by atoms with Gasteiger partial charge in [0.2, 0.25) is 5.82 Å². The number of hydrogen-bond donors (Lipinski definition) is 0. The molecule has 0 N–H and O–H groups in total. The third-order valence-electron chi connectivity index (χ3n) is 2.98. The van der Waals surface area contributed by atoms with Gasteiger partial charge in [-0.1, -0.05) is 38.5 Å². The molecule has 0 atom stereocenters. The van der Waals surface area contributed by atoms with E-state index in [2.05, 4.69) is 42.9 Å². The van der Waals surface area contributed by atoms with Gasteiger partial charge in [-0.05, 0) is 37.0 Å². The third-order valence-corrected chi connectivity index (χ3v) is 2.98. The molecule has 0 spiro atoms. The number of hydrogen-bond acceptors (Lipinski definition) is 3. The standard InChI is InChI=1S/C15H15N3.C2H6/c1-4-12-6-10(2)5-11(3)15(12)13-8-17-14(7-16)18-9-13;1-2/h5-6,8-9H,4H2,1-3H3;1-2H3. The Hall–Kier alpha value is -2.21. The van der Waals surface area contributed by atoms with Crippen LogP contribution in [0.25, 0.3) is 11.1 Å². The summed E-state index contributed by atoms with van der Waals surface area (Å²) in [5.41, 5.74) is 5.94. The molecular weight excluding hydrogens is 246 g/mol. The molecular formula is C17H21N3. The first kappa shape index (κ1) is 15.8. The van der Waals surface area contributed by atoms with Crippen molar-refractivity contribution in [3.05, 3.63) is 47.0 Å². The number of rotatable bonds is 2. The molecule has 2 rings (SSSR count). The molecule has 0 aliphatic rings. The fourth-order valence-electron chi connectivity index (χ4n) is 2.26. The Labute approximate surface area is 121 Å². The summed E-state index contributed by atoms with van der Waals surface area (Å²) >= 11 is 0. The van der Waals surface area contributed by atoms with Gasteiger partial charge in [-0.3, -0.25) is 0 Å². The van der Waals surface area contributed by atoms with Crippen LogP contribution in [0.5, 0.6) is 0 Å². The van der Waals surface area contributed by atoms with Crippen LogP contribution in [0.3, 0.4) is 0 Å². The van der Waals surface area contributed by atoms with Crippen LogP contribution in [0.1, 0.15) is 43.3 Å². The molecule has 3 heteroatoms. The second-order valence-corrected chi connectivity index (χ2v) is 4.38. The van der Waals surface area contributed by atoms with Crippen molar-refractivity contribution in [2.75, 3.05) is 0 Å². The van der Waals surface area contributed by atoms with Gasteiger partial charge in [-0.25, -0.2) is 9.97 Å². The normalized spacial score (nSPS) is 9.40. The Bertz CT molecular complexity index is 607. The van der Waals surface area contributed by atoms with Gasteiger partial charge in [-0.2, -0.15) is 5.26 Å². The first-order valence-corrected chi connectivity index (χ1v) is 6.98. The van der Waals surface area contributed by atoms with Crippen molar-refractivity contribution < 1.29 is 0 Å². The van der Waals surface area contributed by atoms with Crippen LogP contribution < -0.4 is 0 Å². The molecule has 2 aromatic rings. The molecule has 0 aliphatic heterocycles. The number of aryl methyl sites for hydroxylation is 3. The lowest BCUT2D eigenvalue weighted by atomic mass is 9.93. The van der Waals surface area contributed by atoms with Crippen LogP contribution in [-0.2, 0) is 6.42 Å². The van der Waals surface area contributed by atoms with Gasteiger partial charge < -0.3 is 0 Å². The highest BCUT2D eigenvalue weighted by Crippen LogP contribution is 2.28. The summed E-state index contributed by atoms with van der Waals surface area (Å²) in [5.74, 6) is 0.210. The zero-order valence-electron chi connectivity index (χ0n) is 12.9. The molecule has 1 aromatic heterocycles. The lowest BCUT2D eigenvalue weighted by molar-refractivity contribution is 1.09. The third kappa shape index (κ3) is 3.42. The highest BCUT2D eigenvalue weighted by Gasteiger charge is 2.09. The molecule has 3 nitrogen and oxygen atoms in total. The van der Waals surface area contributed by atoms with E-state index in [0.29, 0.717) is 0 Å². The van der Waals surface area contributed by atoms with Crippen molar-refractivity contribution >= 4 is 0 Å². The van der Waals surface area contributed by atoms with Crippen molar-refractivity contribution in [3.8, 4) is 17.2 Å². The van der Waals surface area contributed by atoms with Gasteiger partial charge in [0.1, 0.15) is 6.07 Å². The zero-order valence-corrected chi connectivity index (χ0v) is 12.9. The summed E-state index contributed by atoms with van der Waals surface area (Å²) < 4.78 is 0. The van der Waals surface area contributed by atoms with Crippen LogP contribution >= 0.6 is 0 Å². The Balaban J connectivity index is 0.000000956. The molecule has 1 heterocycles. The van der Waals surface area contributed by atoms with Crippen LogP contribution in [-0.4, -0.2) is 9.97 Å². The van der Waals surface area contributed by atoms with Crippen LogP contribution in [0.15, 0.2) is 24.5 Å². The summed E-state index contributed by atoms with van der Waals surface area (Å²) in [7, 11) is 0. The summed E-state index contributed by atoms with van der Waals surface area (Å²) in [6.07, 6.45) is 4.42. The van der Waals surface area contributed by atoms with Gasteiger partial charge in [0.15, 0.2) is 0 Å². The molecule has 0 fully saturated rings. The van der Waals surface area contributed by atoms with E-state index in [1.807, 2.05) is 19.9 Å².